The summed E-state index contributed by atoms with van der Waals surface area (Å²) in [4.78, 5) is 0. The van der Waals surface area contributed by atoms with Gasteiger partial charge in [-0.25, -0.2) is 0 Å². The molecule has 4 atom stereocenters. The summed E-state index contributed by atoms with van der Waals surface area (Å²) in [6.07, 6.45) is -6.94. The minimum atomic E-state index is -2.76. The fourth-order valence-electron chi connectivity index (χ4n) is 1.17. The van der Waals surface area contributed by atoms with Crippen molar-refractivity contribution in [3.63, 3.8) is 0 Å². The maximum absolute atomic E-state index is 9.14. The van der Waals surface area contributed by atoms with Crippen molar-refractivity contribution in [1.29, 1.82) is 0 Å². The molecule has 7 nitrogen and oxygen atoms in total. The van der Waals surface area contributed by atoms with E-state index in [-0.39, 0.29) is 0 Å². The first-order valence-corrected chi connectivity index (χ1v) is 3.66. The Morgan fingerprint density at radius 1 is 1.31 bits per heavy atom. The number of hydrogen-bond donors (Lipinski definition) is 6. The van der Waals surface area contributed by atoms with Crippen molar-refractivity contribution in [2.45, 2.75) is 30.4 Å². The maximum Gasteiger partial charge on any atom is 0.224 e. The molecule has 6 N–H and O–H groups in total. The Kier molecular flexibility index (Phi) is 2.88. The van der Waals surface area contributed by atoms with Gasteiger partial charge in [0.05, 0.1) is 6.61 Å². The van der Waals surface area contributed by atoms with Crippen LogP contribution in [0, 0.1) is 0 Å². The molecule has 0 saturated carbocycles. The van der Waals surface area contributed by atoms with Gasteiger partial charge in [-0.2, -0.15) is 0 Å². The van der Waals surface area contributed by atoms with E-state index < -0.39 is 37.0 Å². The molecule has 1 aliphatic heterocycles. The van der Waals surface area contributed by atoms with Gasteiger partial charge in [0.15, 0.2) is 12.4 Å². The lowest BCUT2D eigenvalue weighted by atomic mass is 10.0. The molecule has 0 aromatic rings. The molecule has 0 aromatic carbocycles. The molecule has 7 heteroatoms. The molecule has 0 aromatic heterocycles. The summed E-state index contributed by atoms with van der Waals surface area (Å²) in [7, 11) is 0. The molecule has 0 aliphatic carbocycles. The van der Waals surface area contributed by atoms with Crippen LogP contribution in [0.1, 0.15) is 0 Å². The van der Waals surface area contributed by atoms with Crippen LogP contribution in [0.25, 0.3) is 0 Å². The van der Waals surface area contributed by atoms with Crippen LogP contribution in [0.3, 0.4) is 0 Å². The molecule has 0 spiro atoms. The number of hydrogen-bond acceptors (Lipinski definition) is 7. The first kappa shape index (κ1) is 10.8. The highest BCUT2D eigenvalue weighted by atomic mass is 16.7. The zero-order valence-electron chi connectivity index (χ0n) is 6.61. The van der Waals surface area contributed by atoms with Gasteiger partial charge in [0.25, 0.3) is 0 Å². The first-order valence-electron chi connectivity index (χ1n) is 3.66. The van der Waals surface area contributed by atoms with E-state index in [1.165, 1.54) is 0 Å². The Bertz CT molecular complexity index is 182. The van der Waals surface area contributed by atoms with Crippen molar-refractivity contribution in [1.82, 2.24) is 0 Å². The van der Waals surface area contributed by atoms with Crippen molar-refractivity contribution in [2.24, 2.45) is 0 Å². The van der Waals surface area contributed by atoms with Crippen LogP contribution in [-0.2, 0) is 4.74 Å². The van der Waals surface area contributed by atoms with Gasteiger partial charge in [0.1, 0.15) is 12.2 Å². The molecule has 1 fully saturated rings. The van der Waals surface area contributed by atoms with Gasteiger partial charge >= 0.3 is 0 Å². The van der Waals surface area contributed by atoms with Crippen molar-refractivity contribution in [3.05, 3.63) is 0 Å². The van der Waals surface area contributed by atoms with Crippen LogP contribution < -0.4 is 0 Å². The molecule has 1 aliphatic rings. The van der Waals surface area contributed by atoms with E-state index in [1.807, 2.05) is 0 Å². The van der Waals surface area contributed by atoms with E-state index in [9.17, 15) is 0 Å². The molecule has 78 valence electrons. The van der Waals surface area contributed by atoms with Crippen LogP contribution in [0.15, 0.2) is 0 Å². The van der Waals surface area contributed by atoms with Gasteiger partial charge in [-0.15, -0.1) is 0 Å². The summed E-state index contributed by atoms with van der Waals surface area (Å²) < 4.78 is 4.44. The van der Waals surface area contributed by atoms with Gasteiger partial charge in [-0.1, -0.05) is 0 Å². The molecule has 0 unspecified atom stereocenters. The van der Waals surface area contributed by atoms with E-state index in [1.54, 1.807) is 0 Å². The van der Waals surface area contributed by atoms with Crippen LogP contribution in [0.4, 0.5) is 0 Å². The highest BCUT2D eigenvalue weighted by Gasteiger charge is 2.56. The molecule has 1 saturated heterocycles. The van der Waals surface area contributed by atoms with Gasteiger partial charge in [-0.05, 0) is 0 Å². The largest absolute Gasteiger partial charge is 0.394 e. The predicted molar refractivity (Wildman–Crippen MR) is 37.1 cm³/mol. The lowest BCUT2D eigenvalue weighted by molar-refractivity contribution is -0.248. The molecule has 0 radical (unpaired) electrons. The summed E-state index contributed by atoms with van der Waals surface area (Å²) in [6, 6.07) is 0. The Balaban J connectivity index is 2.77. The van der Waals surface area contributed by atoms with Crippen LogP contribution in [0.5, 0.6) is 0 Å². The Labute approximate surface area is 73.4 Å². The fourth-order valence-corrected chi connectivity index (χ4v) is 1.17. The standard InChI is InChI=1S/C6H12O7/c7-1-2(8)4-6(11,12)3(9)5(10)13-4/h2-5,7-12H,1H2/t2-,3+,4-,5+/m1/s1. The molecule has 0 bridgehead atoms. The quantitative estimate of drug-likeness (QED) is 0.249. The van der Waals surface area contributed by atoms with Gasteiger partial charge in [0.2, 0.25) is 5.79 Å². The minimum Gasteiger partial charge on any atom is -0.394 e. The Morgan fingerprint density at radius 3 is 2.15 bits per heavy atom. The highest BCUT2D eigenvalue weighted by molar-refractivity contribution is 4.95. The van der Waals surface area contributed by atoms with Crippen LogP contribution >= 0.6 is 0 Å². The van der Waals surface area contributed by atoms with Gasteiger partial charge in [0, 0.05) is 0 Å². The molecule has 1 heterocycles. The van der Waals surface area contributed by atoms with Crippen molar-refractivity contribution in [3.8, 4) is 0 Å². The summed E-state index contributed by atoms with van der Waals surface area (Å²) in [6.45, 7) is -0.771. The molecule has 1 rings (SSSR count). The zero-order valence-corrected chi connectivity index (χ0v) is 6.61. The maximum atomic E-state index is 9.14. The average molecular weight is 196 g/mol. The van der Waals surface area contributed by atoms with Crippen molar-refractivity contribution < 1.29 is 35.4 Å². The third-order valence-electron chi connectivity index (χ3n) is 1.95. The number of ether oxygens (including phenoxy) is 1. The first-order chi connectivity index (χ1) is 5.91. The Morgan fingerprint density at radius 2 is 1.85 bits per heavy atom. The summed E-state index contributed by atoms with van der Waals surface area (Å²) >= 11 is 0. The zero-order chi connectivity index (χ0) is 10.2. The molecular formula is C6H12O7. The van der Waals surface area contributed by atoms with Crippen LogP contribution in [-0.4, -0.2) is 67.6 Å². The highest BCUT2D eigenvalue weighted by Crippen LogP contribution is 2.29. The second kappa shape index (κ2) is 3.46. The topological polar surface area (TPSA) is 131 Å². The van der Waals surface area contributed by atoms with E-state index in [4.69, 9.17) is 30.6 Å². The molecule has 0 amide bonds. The van der Waals surface area contributed by atoms with Crippen molar-refractivity contribution >= 4 is 0 Å². The summed E-state index contributed by atoms with van der Waals surface area (Å²) in [5, 5.41) is 53.6. The lowest BCUT2D eigenvalue weighted by Gasteiger charge is -2.26. The fraction of sp³-hybridized carbons (Fsp3) is 1.00. The van der Waals surface area contributed by atoms with E-state index in [2.05, 4.69) is 4.74 Å². The molecular weight excluding hydrogens is 184 g/mol. The van der Waals surface area contributed by atoms with Gasteiger partial charge in [-0.3, -0.25) is 0 Å². The van der Waals surface area contributed by atoms with E-state index >= 15 is 0 Å². The number of aliphatic hydroxyl groups excluding tert-OH is 4. The summed E-state index contributed by atoms with van der Waals surface area (Å²) in [5.74, 6) is -2.76. The monoisotopic (exact) mass is 196 g/mol. The number of aliphatic hydroxyl groups is 6. The van der Waals surface area contributed by atoms with E-state index in [0.29, 0.717) is 0 Å². The molecule has 13 heavy (non-hydrogen) atoms. The number of rotatable bonds is 2. The average Bonchev–Trinajstić information content (AvgIpc) is 2.28. The predicted octanol–water partition coefficient (Wildman–Crippen LogP) is -3.90. The second-order valence-corrected chi connectivity index (χ2v) is 2.93. The third-order valence-corrected chi connectivity index (χ3v) is 1.95. The third kappa shape index (κ3) is 1.67. The van der Waals surface area contributed by atoms with Crippen molar-refractivity contribution in [2.75, 3.05) is 6.61 Å². The Hall–Kier alpha value is -0.280. The second-order valence-electron chi connectivity index (χ2n) is 2.93. The smallest absolute Gasteiger partial charge is 0.224 e. The van der Waals surface area contributed by atoms with E-state index in [0.717, 1.165) is 0 Å². The van der Waals surface area contributed by atoms with Gasteiger partial charge < -0.3 is 35.4 Å². The summed E-state index contributed by atoms with van der Waals surface area (Å²) in [5.41, 5.74) is 0. The van der Waals surface area contributed by atoms with Crippen LogP contribution in [0.2, 0.25) is 0 Å². The lowest BCUT2D eigenvalue weighted by Crippen LogP contribution is -2.53. The normalized spacial score (nSPS) is 40.6. The SMILES string of the molecule is OC[C@@H](O)[C@H]1O[C@H](O)[C@H](O)C1(O)O. The minimum absolute atomic E-state index is 0.771.